The highest BCUT2D eigenvalue weighted by atomic mass is 79.9. The van der Waals surface area contributed by atoms with Gasteiger partial charge in [-0.2, -0.15) is 0 Å². The Kier molecular flexibility index (Phi) is 6.98. The molecular formula is C14H21BrN2O. The Morgan fingerprint density at radius 2 is 2.11 bits per heavy atom. The van der Waals surface area contributed by atoms with Gasteiger partial charge in [0, 0.05) is 30.5 Å². The highest BCUT2D eigenvalue weighted by Crippen LogP contribution is 2.16. The Bertz CT molecular complexity index is 393. The number of carbonyl (C=O) groups is 1. The van der Waals surface area contributed by atoms with Crippen LogP contribution in [0.4, 0.5) is 0 Å². The summed E-state index contributed by atoms with van der Waals surface area (Å²) in [5.74, 6) is 0.122. The fourth-order valence-electron chi connectivity index (χ4n) is 1.60. The summed E-state index contributed by atoms with van der Waals surface area (Å²) in [4.78, 5) is 11.4. The van der Waals surface area contributed by atoms with Crippen LogP contribution in [0.15, 0.2) is 22.7 Å². The molecule has 0 aliphatic heterocycles. The summed E-state index contributed by atoms with van der Waals surface area (Å²) >= 11 is 3.48. The molecule has 0 fully saturated rings. The molecule has 0 unspecified atom stereocenters. The number of hydrogen-bond acceptors (Lipinski definition) is 2. The van der Waals surface area contributed by atoms with Crippen LogP contribution >= 0.6 is 15.9 Å². The van der Waals surface area contributed by atoms with E-state index in [-0.39, 0.29) is 5.91 Å². The van der Waals surface area contributed by atoms with Gasteiger partial charge in [0.2, 0.25) is 5.91 Å². The van der Waals surface area contributed by atoms with Gasteiger partial charge < -0.3 is 10.6 Å². The Morgan fingerprint density at radius 1 is 1.33 bits per heavy atom. The Morgan fingerprint density at radius 3 is 2.78 bits per heavy atom. The van der Waals surface area contributed by atoms with E-state index in [1.165, 1.54) is 11.1 Å². The van der Waals surface area contributed by atoms with Gasteiger partial charge in [0.15, 0.2) is 0 Å². The number of amides is 1. The molecule has 1 aromatic carbocycles. The van der Waals surface area contributed by atoms with Crippen LogP contribution in [0.2, 0.25) is 0 Å². The molecule has 3 nitrogen and oxygen atoms in total. The SMILES string of the molecule is CCCNC(=O)CCNCc1ccc(Br)c(C)c1. The van der Waals surface area contributed by atoms with Crippen molar-refractivity contribution in [3.8, 4) is 0 Å². The van der Waals surface area contributed by atoms with Crippen LogP contribution in [0, 0.1) is 6.92 Å². The third kappa shape index (κ3) is 5.65. The summed E-state index contributed by atoms with van der Waals surface area (Å²) in [5, 5.41) is 6.14. The molecule has 2 N–H and O–H groups in total. The highest BCUT2D eigenvalue weighted by Gasteiger charge is 2.00. The van der Waals surface area contributed by atoms with E-state index < -0.39 is 0 Å². The van der Waals surface area contributed by atoms with E-state index in [1.54, 1.807) is 0 Å². The fourth-order valence-corrected chi connectivity index (χ4v) is 1.85. The van der Waals surface area contributed by atoms with Crippen molar-refractivity contribution in [1.82, 2.24) is 10.6 Å². The molecule has 0 atom stereocenters. The summed E-state index contributed by atoms with van der Waals surface area (Å²) in [7, 11) is 0. The van der Waals surface area contributed by atoms with E-state index in [4.69, 9.17) is 0 Å². The average molecular weight is 313 g/mol. The van der Waals surface area contributed by atoms with E-state index in [2.05, 4.69) is 51.7 Å². The molecule has 0 aliphatic carbocycles. The van der Waals surface area contributed by atoms with E-state index in [9.17, 15) is 4.79 Å². The first kappa shape index (κ1) is 15.2. The predicted molar refractivity (Wildman–Crippen MR) is 78.5 cm³/mol. The zero-order valence-electron chi connectivity index (χ0n) is 11.1. The average Bonchev–Trinajstić information content (AvgIpc) is 2.36. The number of hydrogen-bond donors (Lipinski definition) is 2. The standard InChI is InChI=1S/C14H21BrN2O/c1-3-7-17-14(18)6-8-16-10-12-4-5-13(15)11(2)9-12/h4-5,9,16H,3,6-8,10H2,1-2H3,(H,17,18). The van der Waals surface area contributed by atoms with Crippen molar-refractivity contribution in [2.24, 2.45) is 0 Å². The quantitative estimate of drug-likeness (QED) is 0.760. The molecule has 0 radical (unpaired) electrons. The van der Waals surface area contributed by atoms with Crippen LogP contribution in [0.3, 0.4) is 0 Å². The molecule has 18 heavy (non-hydrogen) atoms. The number of nitrogens with one attached hydrogen (secondary N) is 2. The van der Waals surface area contributed by atoms with Gasteiger partial charge in [-0.25, -0.2) is 0 Å². The predicted octanol–water partition coefficient (Wildman–Crippen LogP) is 2.76. The molecule has 100 valence electrons. The zero-order chi connectivity index (χ0) is 13.4. The van der Waals surface area contributed by atoms with Gasteiger partial charge in [-0.1, -0.05) is 35.0 Å². The van der Waals surface area contributed by atoms with Gasteiger partial charge in [0.25, 0.3) is 0 Å². The number of rotatable bonds is 7. The lowest BCUT2D eigenvalue weighted by molar-refractivity contribution is -0.120. The van der Waals surface area contributed by atoms with Crippen LogP contribution in [-0.2, 0) is 11.3 Å². The minimum absolute atomic E-state index is 0.122. The smallest absolute Gasteiger partial charge is 0.221 e. The fraction of sp³-hybridized carbons (Fsp3) is 0.500. The maximum absolute atomic E-state index is 11.4. The van der Waals surface area contributed by atoms with Gasteiger partial charge in [-0.3, -0.25) is 4.79 Å². The molecule has 1 aromatic rings. The van der Waals surface area contributed by atoms with Crippen molar-refractivity contribution in [3.05, 3.63) is 33.8 Å². The maximum atomic E-state index is 11.4. The zero-order valence-corrected chi connectivity index (χ0v) is 12.6. The molecule has 1 amide bonds. The van der Waals surface area contributed by atoms with E-state index >= 15 is 0 Å². The lowest BCUT2D eigenvalue weighted by Gasteiger charge is -2.07. The van der Waals surface area contributed by atoms with Crippen LogP contribution in [0.25, 0.3) is 0 Å². The third-order valence-electron chi connectivity index (χ3n) is 2.65. The van der Waals surface area contributed by atoms with Crippen molar-refractivity contribution in [2.45, 2.75) is 33.2 Å². The van der Waals surface area contributed by atoms with E-state index in [0.717, 1.165) is 24.0 Å². The minimum atomic E-state index is 0.122. The summed E-state index contributed by atoms with van der Waals surface area (Å²) in [5.41, 5.74) is 2.47. The Balaban J connectivity index is 2.21. The highest BCUT2D eigenvalue weighted by molar-refractivity contribution is 9.10. The number of halogens is 1. The molecule has 0 saturated carbocycles. The molecular weight excluding hydrogens is 292 g/mol. The third-order valence-corrected chi connectivity index (χ3v) is 3.54. The first-order chi connectivity index (χ1) is 8.63. The van der Waals surface area contributed by atoms with Crippen LogP contribution < -0.4 is 10.6 Å². The molecule has 0 heterocycles. The van der Waals surface area contributed by atoms with Gasteiger partial charge in [-0.05, 0) is 30.5 Å². The lowest BCUT2D eigenvalue weighted by atomic mass is 10.1. The summed E-state index contributed by atoms with van der Waals surface area (Å²) in [6.45, 7) is 6.41. The van der Waals surface area contributed by atoms with Gasteiger partial charge in [0.1, 0.15) is 0 Å². The largest absolute Gasteiger partial charge is 0.356 e. The van der Waals surface area contributed by atoms with Crippen LogP contribution in [0.1, 0.15) is 30.9 Å². The number of aryl methyl sites for hydroxylation is 1. The maximum Gasteiger partial charge on any atom is 0.221 e. The van der Waals surface area contributed by atoms with E-state index in [0.29, 0.717) is 13.0 Å². The first-order valence-corrected chi connectivity index (χ1v) is 7.15. The van der Waals surface area contributed by atoms with E-state index in [1.807, 2.05) is 6.92 Å². The topological polar surface area (TPSA) is 41.1 Å². The van der Waals surface area contributed by atoms with Gasteiger partial charge in [-0.15, -0.1) is 0 Å². The Hall–Kier alpha value is -0.870. The minimum Gasteiger partial charge on any atom is -0.356 e. The van der Waals surface area contributed by atoms with Crippen LogP contribution in [0.5, 0.6) is 0 Å². The molecule has 0 spiro atoms. The van der Waals surface area contributed by atoms with Gasteiger partial charge >= 0.3 is 0 Å². The molecule has 0 bridgehead atoms. The molecule has 0 aromatic heterocycles. The summed E-state index contributed by atoms with van der Waals surface area (Å²) in [6, 6.07) is 6.29. The number of carbonyl (C=O) groups excluding carboxylic acids is 1. The van der Waals surface area contributed by atoms with Crippen LogP contribution in [-0.4, -0.2) is 19.0 Å². The van der Waals surface area contributed by atoms with Crippen molar-refractivity contribution in [2.75, 3.05) is 13.1 Å². The second-order valence-electron chi connectivity index (χ2n) is 4.36. The normalized spacial score (nSPS) is 10.4. The second kappa shape index (κ2) is 8.27. The molecule has 0 saturated heterocycles. The first-order valence-electron chi connectivity index (χ1n) is 6.36. The van der Waals surface area contributed by atoms with Crippen molar-refractivity contribution in [1.29, 1.82) is 0 Å². The van der Waals surface area contributed by atoms with Gasteiger partial charge in [0.05, 0.1) is 0 Å². The summed E-state index contributed by atoms with van der Waals surface area (Å²) < 4.78 is 1.13. The molecule has 0 aliphatic rings. The second-order valence-corrected chi connectivity index (χ2v) is 5.21. The van der Waals surface area contributed by atoms with Crippen molar-refractivity contribution < 1.29 is 4.79 Å². The Labute approximate surface area is 117 Å². The molecule has 1 rings (SSSR count). The van der Waals surface area contributed by atoms with Crippen molar-refractivity contribution in [3.63, 3.8) is 0 Å². The summed E-state index contributed by atoms with van der Waals surface area (Å²) in [6.07, 6.45) is 1.52. The van der Waals surface area contributed by atoms with Crippen molar-refractivity contribution >= 4 is 21.8 Å². The molecule has 4 heteroatoms. The lowest BCUT2D eigenvalue weighted by Crippen LogP contribution is -2.28. The number of benzene rings is 1. The monoisotopic (exact) mass is 312 g/mol.